The normalized spacial score (nSPS) is 7.33. The summed E-state index contributed by atoms with van der Waals surface area (Å²) in [7, 11) is 0. The lowest BCUT2D eigenvalue weighted by Crippen LogP contribution is -1.95. The molecular formula is C11H26O4. The highest BCUT2D eigenvalue weighted by atomic mass is 16.5. The zero-order valence-corrected chi connectivity index (χ0v) is 10.8. The van der Waals surface area contributed by atoms with Gasteiger partial charge in [0.1, 0.15) is 0 Å². The van der Waals surface area contributed by atoms with Crippen LogP contribution >= 0.6 is 0 Å². The van der Waals surface area contributed by atoms with Gasteiger partial charge in [-0.1, -0.05) is 20.3 Å². The van der Waals surface area contributed by atoms with Crippen molar-refractivity contribution in [2.75, 3.05) is 13.2 Å². The third kappa shape index (κ3) is 63.5. The highest BCUT2D eigenvalue weighted by molar-refractivity contribution is 5.66. The van der Waals surface area contributed by atoms with Crippen molar-refractivity contribution in [2.45, 2.75) is 48.0 Å². The van der Waals surface area contributed by atoms with Crippen LogP contribution in [0.4, 0.5) is 0 Å². The molecule has 0 fully saturated rings. The summed E-state index contributed by atoms with van der Waals surface area (Å²) in [5.41, 5.74) is 0. The molecule has 15 heavy (non-hydrogen) atoms. The third-order valence-electron chi connectivity index (χ3n) is 0.695. The fourth-order valence-electron chi connectivity index (χ4n) is 0.407. The van der Waals surface area contributed by atoms with Gasteiger partial charge in [0.05, 0.1) is 13.2 Å². The highest BCUT2D eigenvalue weighted by Crippen LogP contribution is 1.70. The number of hydrogen-bond acceptors (Lipinski definition) is 4. The van der Waals surface area contributed by atoms with Crippen molar-refractivity contribution < 1.29 is 20.5 Å². The van der Waals surface area contributed by atoms with Crippen LogP contribution in [0.15, 0.2) is 0 Å². The first kappa shape index (κ1) is 19.5. The third-order valence-corrected chi connectivity index (χ3v) is 0.695. The van der Waals surface area contributed by atoms with Crippen LogP contribution in [0.25, 0.3) is 0 Å². The van der Waals surface area contributed by atoms with Crippen molar-refractivity contribution in [3.05, 3.63) is 0 Å². The Balaban J connectivity index is -0.0000000692. The van der Waals surface area contributed by atoms with Gasteiger partial charge in [-0.15, -0.1) is 0 Å². The molecule has 4 heteroatoms. The predicted octanol–water partition coefficient (Wildman–Crippen LogP) is 2.80. The molecule has 0 radical (unpaired) electrons. The minimum Gasteiger partial charge on any atom is -0.466 e. The maximum absolute atomic E-state index is 9.82. The molecule has 0 aliphatic rings. The Morgan fingerprint density at radius 3 is 1.07 bits per heavy atom. The van der Waals surface area contributed by atoms with Gasteiger partial charge in [0.15, 0.2) is 0 Å². The quantitative estimate of drug-likeness (QED) is 0.675. The molecule has 0 aromatic carbocycles. The van der Waals surface area contributed by atoms with E-state index < -0.39 is 0 Å². The number of ether oxygens (including phenoxy) is 2. The van der Waals surface area contributed by atoms with E-state index in [0.29, 0.717) is 13.2 Å². The Hall–Kier alpha value is -1.06. The summed E-state index contributed by atoms with van der Waals surface area (Å²) >= 11 is 0. The van der Waals surface area contributed by atoms with Crippen LogP contribution in [0.1, 0.15) is 49.4 Å². The lowest BCUT2D eigenvalue weighted by Gasteiger charge is -1.89. The molecule has 0 spiro atoms. The van der Waals surface area contributed by atoms with Crippen molar-refractivity contribution in [3.63, 3.8) is 0 Å². The van der Waals surface area contributed by atoms with Gasteiger partial charge >= 0.3 is 11.9 Å². The van der Waals surface area contributed by atoms with Gasteiger partial charge in [-0.3, -0.25) is 9.59 Å². The van der Waals surface area contributed by atoms with Crippen molar-refractivity contribution in [3.8, 4) is 0 Å². The number of hydrogen-bond donors (Lipinski definition) is 0. The van der Waals surface area contributed by atoms with Gasteiger partial charge in [0.25, 0.3) is 0 Å². The molecule has 4 nitrogen and oxygen atoms in total. The average molecular weight is 223 g/mol. The van der Waals surface area contributed by atoms with Crippen LogP contribution in [0.2, 0.25) is 0 Å². The van der Waals surface area contributed by atoms with E-state index in [1.165, 1.54) is 20.3 Å². The molecule has 0 aromatic rings. The topological polar surface area (TPSA) is 52.6 Å². The largest absolute Gasteiger partial charge is 0.466 e. The first-order valence-corrected chi connectivity index (χ1v) is 5.22. The second-order valence-electron chi connectivity index (χ2n) is 2.56. The van der Waals surface area contributed by atoms with Crippen LogP contribution in [0, 0.1) is 0 Å². The highest BCUT2D eigenvalue weighted by Gasteiger charge is 1.82. The minimum atomic E-state index is -0.211. The molecule has 0 rings (SSSR count). The molecule has 0 saturated carbocycles. The first-order chi connectivity index (χ1) is 6.95. The summed E-state index contributed by atoms with van der Waals surface area (Å²) in [5.74, 6) is -0.421. The van der Waals surface area contributed by atoms with Crippen molar-refractivity contribution in [2.24, 2.45) is 0 Å². The standard InChI is InChI=1S/2C4H8O2.C3H8.H2/c2*1-3-6-4(2)5;1-3-2;/h2*3H2,1-2H3;3H2,1-2H3;1H/i;;;1+1. The Bertz CT molecular complexity index is 133. The second-order valence-corrected chi connectivity index (χ2v) is 2.56. The molecule has 0 saturated heterocycles. The zero-order chi connectivity index (χ0) is 12.7. The lowest BCUT2D eigenvalue weighted by molar-refractivity contribution is -0.141. The van der Waals surface area contributed by atoms with E-state index in [0.717, 1.165) is 0 Å². The van der Waals surface area contributed by atoms with Crippen LogP contribution in [-0.2, 0) is 19.1 Å². The molecule has 0 atom stereocenters. The van der Waals surface area contributed by atoms with Gasteiger partial charge in [0, 0.05) is 15.3 Å². The molecule has 0 aromatic heterocycles. The van der Waals surface area contributed by atoms with E-state index in [1.807, 2.05) is 0 Å². The van der Waals surface area contributed by atoms with Crippen molar-refractivity contribution in [1.82, 2.24) is 0 Å². The fraction of sp³-hybridized carbons (Fsp3) is 0.818. The number of carbonyl (C=O) groups is 2. The van der Waals surface area contributed by atoms with Gasteiger partial charge in [-0.05, 0) is 13.8 Å². The summed E-state index contributed by atoms with van der Waals surface area (Å²) < 4.78 is 8.81. The number of rotatable bonds is 2. The van der Waals surface area contributed by atoms with Gasteiger partial charge < -0.3 is 9.47 Å². The predicted molar refractivity (Wildman–Crippen MR) is 62.7 cm³/mol. The molecule has 0 unspecified atom stereocenters. The Kier molecular flexibility index (Phi) is 24.3. The van der Waals surface area contributed by atoms with E-state index in [2.05, 4.69) is 23.3 Å². The second kappa shape index (κ2) is 18.7. The fourth-order valence-corrected chi connectivity index (χ4v) is 0.407. The number of carbonyl (C=O) groups excluding carboxylic acids is 2. The van der Waals surface area contributed by atoms with E-state index in [1.54, 1.807) is 13.8 Å². The molecule has 0 amide bonds. The van der Waals surface area contributed by atoms with E-state index in [9.17, 15) is 9.59 Å². The van der Waals surface area contributed by atoms with E-state index in [-0.39, 0.29) is 13.4 Å². The summed E-state index contributed by atoms with van der Waals surface area (Å²) in [5, 5.41) is 0. The molecule has 0 N–H and O–H groups in total. The Morgan fingerprint density at radius 2 is 1.07 bits per heavy atom. The van der Waals surface area contributed by atoms with E-state index >= 15 is 0 Å². The van der Waals surface area contributed by atoms with Crippen LogP contribution < -0.4 is 0 Å². The van der Waals surface area contributed by atoms with Crippen LogP contribution in [0.5, 0.6) is 0 Å². The molecule has 0 heterocycles. The summed E-state index contributed by atoms with van der Waals surface area (Å²) in [4.78, 5) is 19.6. The molecule has 0 aliphatic carbocycles. The molecule has 0 aliphatic heterocycles. The summed E-state index contributed by atoms with van der Waals surface area (Å²) in [6.45, 7) is 11.6. The van der Waals surface area contributed by atoms with Gasteiger partial charge in [0.2, 0.25) is 0 Å². The van der Waals surface area contributed by atoms with Gasteiger partial charge in [-0.25, -0.2) is 0 Å². The minimum absolute atomic E-state index is 0. The number of esters is 2. The van der Waals surface area contributed by atoms with Crippen molar-refractivity contribution in [1.29, 1.82) is 0 Å². The Morgan fingerprint density at radius 1 is 0.867 bits per heavy atom. The maximum atomic E-state index is 9.82. The molecule has 0 bridgehead atoms. The van der Waals surface area contributed by atoms with E-state index in [4.69, 9.17) is 0 Å². The maximum Gasteiger partial charge on any atom is 0.302 e. The van der Waals surface area contributed by atoms with Crippen molar-refractivity contribution >= 4 is 11.9 Å². The smallest absolute Gasteiger partial charge is 0.302 e. The first-order valence-electron chi connectivity index (χ1n) is 5.22. The SMILES string of the molecule is CCC.CCOC(C)=O.CCOC(C)=O.[2HH]. The lowest BCUT2D eigenvalue weighted by atomic mass is 10.6. The van der Waals surface area contributed by atoms with Crippen LogP contribution in [-0.4, -0.2) is 25.2 Å². The summed E-state index contributed by atoms with van der Waals surface area (Å²) in [6.07, 6.45) is 1.25. The molecular weight excluding hydrogens is 196 g/mol. The van der Waals surface area contributed by atoms with Gasteiger partial charge in [-0.2, -0.15) is 0 Å². The molecule has 94 valence electrons. The monoisotopic (exact) mass is 223 g/mol. The summed E-state index contributed by atoms with van der Waals surface area (Å²) in [6, 6.07) is 0. The van der Waals surface area contributed by atoms with Crippen LogP contribution in [0.3, 0.4) is 0 Å². The zero-order valence-electron chi connectivity index (χ0n) is 10.8. The Labute approximate surface area is 94.4 Å². The average Bonchev–Trinajstić information content (AvgIpc) is 2.05.